The Morgan fingerprint density at radius 2 is 1.43 bits per heavy atom. The highest BCUT2D eigenvalue weighted by atomic mass is 16.3. The summed E-state index contributed by atoms with van der Waals surface area (Å²) in [6.45, 7) is 1.81. The minimum Gasteiger partial charge on any atom is -0.508 e. The number of para-hydroxylation sites is 1. The molecule has 2 amide bonds. The third-order valence-corrected chi connectivity index (χ3v) is 10.9. The molecule has 3 aliphatic carbocycles. The molecule has 6 nitrogen and oxygen atoms in total. The van der Waals surface area contributed by atoms with E-state index in [1.165, 1.54) is 11.0 Å². The van der Waals surface area contributed by atoms with Crippen LogP contribution in [0.2, 0.25) is 0 Å². The maximum absolute atomic E-state index is 15.0. The minimum absolute atomic E-state index is 0.136. The molecular weight excluding hydrogens is 586 g/mol. The number of allylic oxidation sites excluding steroid dienone is 4. The maximum atomic E-state index is 15.0. The minimum atomic E-state index is -1.29. The number of carbonyl (C=O) groups excluding carboxylic acids is 4. The van der Waals surface area contributed by atoms with Gasteiger partial charge in [-0.15, -0.1) is 0 Å². The van der Waals surface area contributed by atoms with E-state index in [4.69, 9.17) is 0 Å². The van der Waals surface area contributed by atoms with Crippen LogP contribution in [0.5, 0.6) is 5.75 Å². The standard InChI is InChI=1S/C41H33NO5/c1-24-21-26(17-20-34(24)43)37-29-18-19-30-36(40(47)42(39(30)46)28-15-9-4-10-16-28)32(29)22-33-38(45)31(25-11-5-2-6-12-25)23-35(44)41(33,37)27-13-7-3-8-14-27/h2-18,20-21,23,30,32-33,36-37,43H,19,22H2,1H3. The molecule has 0 spiro atoms. The SMILES string of the molecule is Cc1cc(C2C3=CCC4C(=O)N(c5ccccc5)C(=O)C4C3CC3C(=O)C(c4ccccc4)=CC(=O)C32c2ccccc2)ccc1O. The molecule has 0 bridgehead atoms. The van der Waals surface area contributed by atoms with Gasteiger partial charge in [0.25, 0.3) is 0 Å². The number of rotatable bonds is 4. The quantitative estimate of drug-likeness (QED) is 0.202. The normalized spacial score (nSPS) is 28.3. The van der Waals surface area contributed by atoms with Crippen molar-refractivity contribution in [2.45, 2.75) is 31.1 Å². The molecule has 232 valence electrons. The van der Waals surface area contributed by atoms with Crippen LogP contribution in [0.3, 0.4) is 0 Å². The van der Waals surface area contributed by atoms with Crippen LogP contribution < -0.4 is 4.90 Å². The average molecular weight is 620 g/mol. The van der Waals surface area contributed by atoms with Gasteiger partial charge in [-0.1, -0.05) is 103 Å². The first-order valence-corrected chi connectivity index (χ1v) is 16.2. The third-order valence-electron chi connectivity index (χ3n) is 10.9. The molecule has 4 aromatic rings. The third kappa shape index (κ3) is 4.17. The summed E-state index contributed by atoms with van der Waals surface area (Å²) in [4.78, 5) is 59.6. The van der Waals surface area contributed by atoms with E-state index in [2.05, 4.69) is 6.08 Å². The summed E-state index contributed by atoms with van der Waals surface area (Å²) in [5.41, 5.74) is 3.38. The number of nitrogens with zero attached hydrogens (tertiary/aromatic N) is 1. The van der Waals surface area contributed by atoms with Gasteiger partial charge in [-0.05, 0) is 72.2 Å². The molecule has 0 aromatic heterocycles. The number of imide groups is 1. The zero-order valence-corrected chi connectivity index (χ0v) is 25.9. The fourth-order valence-corrected chi connectivity index (χ4v) is 8.94. The van der Waals surface area contributed by atoms with Gasteiger partial charge >= 0.3 is 0 Å². The first-order valence-electron chi connectivity index (χ1n) is 16.2. The number of hydrogen-bond donors (Lipinski definition) is 1. The van der Waals surface area contributed by atoms with Crippen molar-refractivity contribution in [2.75, 3.05) is 4.90 Å². The lowest BCUT2D eigenvalue weighted by atomic mass is 9.44. The molecular formula is C41H33NO5. The molecule has 47 heavy (non-hydrogen) atoms. The van der Waals surface area contributed by atoms with E-state index in [1.807, 2.05) is 97.9 Å². The van der Waals surface area contributed by atoms with Crippen molar-refractivity contribution in [1.29, 1.82) is 0 Å². The monoisotopic (exact) mass is 619 g/mol. The number of phenols is 1. The lowest BCUT2D eigenvalue weighted by Crippen LogP contribution is -2.58. The number of ketones is 2. The van der Waals surface area contributed by atoms with Crippen LogP contribution in [-0.2, 0) is 24.6 Å². The zero-order valence-electron chi connectivity index (χ0n) is 25.9. The van der Waals surface area contributed by atoms with E-state index in [-0.39, 0.29) is 35.6 Å². The van der Waals surface area contributed by atoms with E-state index in [0.717, 1.165) is 16.7 Å². The number of phenolic OH excluding ortho intramolecular Hbond substituents is 1. The summed E-state index contributed by atoms with van der Waals surface area (Å²) < 4.78 is 0. The number of aryl methyl sites for hydroxylation is 1. The number of carbonyl (C=O) groups is 4. The van der Waals surface area contributed by atoms with Gasteiger partial charge in [0, 0.05) is 17.4 Å². The molecule has 4 aliphatic rings. The van der Waals surface area contributed by atoms with Gasteiger partial charge in [0.2, 0.25) is 11.8 Å². The first-order chi connectivity index (χ1) is 22.8. The van der Waals surface area contributed by atoms with Crippen LogP contribution in [0.25, 0.3) is 5.57 Å². The summed E-state index contributed by atoms with van der Waals surface area (Å²) in [5, 5.41) is 10.5. The van der Waals surface area contributed by atoms with Gasteiger partial charge in [0.15, 0.2) is 11.6 Å². The average Bonchev–Trinajstić information content (AvgIpc) is 3.36. The van der Waals surface area contributed by atoms with E-state index >= 15 is 4.79 Å². The molecule has 2 fully saturated rings. The van der Waals surface area contributed by atoms with Crippen LogP contribution in [0.4, 0.5) is 5.69 Å². The molecule has 1 heterocycles. The molecule has 4 aromatic carbocycles. The van der Waals surface area contributed by atoms with Crippen LogP contribution >= 0.6 is 0 Å². The molecule has 1 saturated carbocycles. The second kappa shape index (κ2) is 10.9. The van der Waals surface area contributed by atoms with Gasteiger partial charge < -0.3 is 5.11 Å². The highest BCUT2D eigenvalue weighted by molar-refractivity contribution is 6.32. The Balaban J connectivity index is 1.37. The van der Waals surface area contributed by atoms with Crippen molar-refractivity contribution in [2.24, 2.45) is 23.7 Å². The van der Waals surface area contributed by atoms with Crippen molar-refractivity contribution in [3.63, 3.8) is 0 Å². The summed E-state index contributed by atoms with van der Waals surface area (Å²) in [7, 11) is 0. The second-order valence-electron chi connectivity index (χ2n) is 13.2. The fourth-order valence-electron chi connectivity index (χ4n) is 8.94. The Labute approximate surface area is 273 Å². The number of benzene rings is 4. The molecule has 6 unspecified atom stereocenters. The molecule has 1 saturated heterocycles. The Morgan fingerprint density at radius 1 is 0.766 bits per heavy atom. The van der Waals surface area contributed by atoms with Crippen LogP contribution in [0.15, 0.2) is 127 Å². The number of hydrogen-bond acceptors (Lipinski definition) is 5. The Kier molecular flexibility index (Phi) is 6.72. The predicted molar refractivity (Wildman–Crippen MR) is 178 cm³/mol. The molecule has 6 atom stereocenters. The molecule has 1 aliphatic heterocycles. The number of amides is 2. The Morgan fingerprint density at radius 3 is 2.11 bits per heavy atom. The van der Waals surface area contributed by atoms with E-state index in [0.29, 0.717) is 28.8 Å². The maximum Gasteiger partial charge on any atom is 0.238 e. The summed E-state index contributed by atoms with van der Waals surface area (Å²) in [6, 6.07) is 33.1. The number of anilines is 1. The smallest absolute Gasteiger partial charge is 0.238 e. The van der Waals surface area contributed by atoms with Crippen molar-refractivity contribution < 1.29 is 24.3 Å². The van der Waals surface area contributed by atoms with Crippen molar-refractivity contribution >= 4 is 34.6 Å². The van der Waals surface area contributed by atoms with E-state index < -0.39 is 35.0 Å². The Bertz CT molecular complexity index is 2010. The number of Topliss-reactive ketones (excluding diaryl/α,β-unsaturated/α-hetero) is 1. The lowest BCUT2D eigenvalue weighted by Gasteiger charge is -2.55. The van der Waals surface area contributed by atoms with Gasteiger partial charge in [-0.2, -0.15) is 0 Å². The zero-order chi connectivity index (χ0) is 32.4. The fraction of sp³-hybridized carbons (Fsp3) is 0.220. The van der Waals surface area contributed by atoms with E-state index in [9.17, 15) is 19.5 Å². The molecule has 8 rings (SSSR count). The summed E-state index contributed by atoms with van der Waals surface area (Å²) >= 11 is 0. The lowest BCUT2D eigenvalue weighted by molar-refractivity contribution is -0.135. The van der Waals surface area contributed by atoms with Gasteiger partial charge in [-0.3, -0.25) is 24.1 Å². The van der Waals surface area contributed by atoms with Crippen LogP contribution in [0.1, 0.15) is 41.0 Å². The molecule has 6 heteroatoms. The van der Waals surface area contributed by atoms with Crippen molar-refractivity contribution in [3.05, 3.63) is 149 Å². The summed E-state index contributed by atoms with van der Waals surface area (Å²) in [5.74, 6) is -3.71. The molecule has 1 N–H and O–H groups in total. The topological polar surface area (TPSA) is 91.8 Å². The summed E-state index contributed by atoms with van der Waals surface area (Å²) in [6.07, 6.45) is 4.20. The van der Waals surface area contributed by atoms with Crippen molar-refractivity contribution in [3.8, 4) is 5.75 Å². The van der Waals surface area contributed by atoms with Crippen molar-refractivity contribution in [1.82, 2.24) is 0 Å². The van der Waals surface area contributed by atoms with Gasteiger partial charge in [0.05, 0.1) is 22.9 Å². The number of fused-ring (bicyclic) bond motifs is 4. The highest BCUT2D eigenvalue weighted by Crippen LogP contribution is 2.63. The van der Waals surface area contributed by atoms with Crippen LogP contribution in [-0.4, -0.2) is 28.5 Å². The van der Waals surface area contributed by atoms with E-state index in [1.54, 1.807) is 18.2 Å². The van der Waals surface area contributed by atoms with Crippen LogP contribution in [0, 0.1) is 30.6 Å². The van der Waals surface area contributed by atoms with Gasteiger partial charge in [0.1, 0.15) is 5.75 Å². The highest BCUT2D eigenvalue weighted by Gasteiger charge is 2.66. The molecule has 0 radical (unpaired) electrons. The Hall–Kier alpha value is -5.36. The largest absolute Gasteiger partial charge is 0.508 e. The van der Waals surface area contributed by atoms with Gasteiger partial charge in [-0.25, -0.2) is 0 Å². The number of aromatic hydroxyl groups is 1. The second-order valence-corrected chi connectivity index (χ2v) is 13.2. The predicted octanol–water partition coefficient (Wildman–Crippen LogP) is 6.73. The first kappa shape index (κ1) is 29.1.